The van der Waals surface area contributed by atoms with Crippen molar-refractivity contribution in [3.05, 3.63) is 23.9 Å². The molecule has 1 rings (SSSR count). The van der Waals surface area contributed by atoms with Crippen molar-refractivity contribution in [1.29, 1.82) is 0 Å². The molecule has 0 aliphatic carbocycles. The van der Waals surface area contributed by atoms with Gasteiger partial charge < -0.3 is 0 Å². The maximum absolute atomic E-state index is 5.78. The third kappa shape index (κ3) is 2.00. The average Bonchev–Trinajstić information content (AvgIpc) is 1.83. The van der Waals surface area contributed by atoms with Crippen LogP contribution in [-0.4, -0.2) is 49.0 Å². The van der Waals surface area contributed by atoms with Gasteiger partial charge in [0.15, 0.2) is 0 Å². The van der Waals surface area contributed by atoms with Crippen molar-refractivity contribution in [2.75, 3.05) is 0 Å². The maximum atomic E-state index is 5.78. The first kappa shape index (κ1) is 8.18. The van der Waals surface area contributed by atoms with Crippen molar-refractivity contribution in [3.8, 4) is 0 Å². The van der Waals surface area contributed by atoms with Crippen molar-refractivity contribution in [2.45, 2.75) is 6.92 Å². The number of hydrogen-bond donors (Lipinski definition) is 0. The molecule has 0 atom stereocenters. The Morgan fingerprint density at radius 1 is 1.67 bits per heavy atom. The summed E-state index contributed by atoms with van der Waals surface area (Å²) in [5.74, 6) is 0. The first-order valence-electron chi connectivity index (χ1n) is 2.86. The summed E-state index contributed by atoms with van der Waals surface area (Å²) in [6.45, 7) is 2.08. The summed E-state index contributed by atoms with van der Waals surface area (Å²) in [5.41, 5.74) is 1.30. The van der Waals surface area contributed by atoms with Crippen LogP contribution in [0.15, 0.2) is 18.3 Å². The van der Waals surface area contributed by atoms with Crippen LogP contribution in [0.3, 0.4) is 0 Å². The number of hydrogen-bond acceptors (Lipinski definition) is 0. The molecule has 0 radical (unpaired) electrons. The quantitative estimate of drug-likeness (QED) is 0.481. The zero-order chi connectivity index (χ0) is 6.85. The van der Waals surface area contributed by atoms with E-state index >= 15 is 0 Å². The summed E-state index contributed by atoms with van der Waals surface area (Å²) in [5, 5.41) is 0. The van der Waals surface area contributed by atoms with Crippen molar-refractivity contribution >= 4 is 60.5 Å². The molecule has 0 aromatic carbocycles. The fraction of sp³-hybridized carbons (Fsp3) is 0.167. The van der Waals surface area contributed by atoms with Crippen LogP contribution in [0, 0.1) is 6.92 Å². The number of aromatic nitrogens is 1. The van der Waals surface area contributed by atoms with E-state index in [1.165, 1.54) is 5.35 Å². The molecule has 3 heteroatoms. The van der Waals surface area contributed by atoms with Gasteiger partial charge >= 0.3 is 95.4 Å². The fourth-order valence-corrected chi connectivity index (χ4v) is 1.36. The van der Waals surface area contributed by atoms with Gasteiger partial charge in [0, 0.05) is 0 Å². The topological polar surface area (TPSA) is 3.88 Å². The second kappa shape index (κ2) is 3.46. The monoisotopic (exact) mass is 166 g/mol. The van der Waals surface area contributed by atoms with E-state index < -0.39 is 0 Å². The normalized spacial score (nSPS) is 9.78. The summed E-state index contributed by atoms with van der Waals surface area (Å²) in [6.07, 6.45) is 1.87. The Balaban J connectivity index is 3.25. The van der Waals surface area contributed by atoms with Crippen molar-refractivity contribution in [3.63, 3.8) is 0 Å². The molecule has 0 spiro atoms. The molecule has 0 bridgehead atoms. The second-order valence-corrected chi connectivity index (χ2v) is 3.93. The molecule has 0 N–H and O–H groups in total. The van der Waals surface area contributed by atoms with E-state index in [0.717, 1.165) is 0 Å². The van der Waals surface area contributed by atoms with Crippen LogP contribution in [0.4, 0.5) is 0 Å². The van der Waals surface area contributed by atoms with Gasteiger partial charge in [-0.3, -0.25) is 0 Å². The second-order valence-electron chi connectivity index (χ2n) is 2.09. The van der Waals surface area contributed by atoms with Crippen LogP contribution in [0.2, 0.25) is 0 Å². The van der Waals surface area contributed by atoms with Gasteiger partial charge in [-0.25, -0.2) is 0 Å². The molecule has 1 nitrogen and oxygen atoms in total. The molecule has 0 saturated heterocycles. The third-order valence-electron chi connectivity index (χ3n) is 1.45. The molecule has 0 aliphatic heterocycles. The van der Waals surface area contributed by atoms with E-state index in [2.05, 4.69) is 13.0 Å². The first-order valence-corrected chi connectivity index (χ1v) is 4.76. The molecule has 42 valence electrons. The van der Waals surface area contributed by atoms with Gasteiger partial charge in [0.1, 0.15) is 0 Å². The summed E-state index contributed by atoms with van der Waals surface area (Å²) in [4.78, 5) is 0. The Morgan fingerprint density at radius 3 is 2.78 bits per heavy atom. The molecule has 0 amide bonds. The van der Waals surface area contributed by atoms with E-state index in [9.17, 15) is 0 Å². The number of nitrogens with zero attached hydrogens (tertiary/aromatic N) is 1. The van der Waals surface area contributed by atoms with E-state index in [4.69, 9.17) is 11.8 Å². The molecule has 9 heavy (non-hydrogen) atoms. The molecule has 0 fully saturated rings. The Hall–Kier alpha value is 1.08. The molecule has 1 aromatic heterocycles. The van der Waals surface area contributed by atoms with Crippen LogP contribution < -0.4 is 3.87 Å². The predicted octanol–water partition coefficient (Wildman–Crippen LogP) is 0.0782. The minimum atomic E-state index is 0.667. The van der Waals surface area contributed by atoms with Gasteiger partial charge in [0.05, 0.1) is 0 Å². The molecule has 1 heterocycles. The van der Waals surface area contributed by atoms with Gasteiger partial charge in [-0.15, -0.1) is 0 Å². The summed E-state index contributed by atoms with van der Waals surface area (Å²) < 4.78 is 2.96. The van der Waals surface area contributed by atoms with Gasteiger partial charge in [-0.2, -0.15) is 0 Å². The summed E-state index contributed by atoms with van der Waals surface area (Å²) >= 11 is 6.44. The summed E-state index contributed by atoms with van der Waals surface area (Å²) in [6, 6.07) is 4.04. The van der Waals surface area contributed by atoms with E-state index in [1.807, 2.05) is 12.3 Å². The Kier molecular flexibility index (Phi) is 3.15. The molecule has 1 aromatic rings. The molecule has 0 aliphatic rings. The number of pyridine rings is 1. The number of aryl methyl sites for hydroxylation is 1. The minimum absolute atomic E-state index is 0.667. The van der Waals surface area contributed by atoms with Crippen molar-refractivity contribution < 1.29 is 4.09 Å². The average molecular weight is 167 g/mol. The van der Waals surface area contributed by atoms with E-state index in [1.54, 1.807) is 4.09 Å². The molecular formula is C6H6ClKN+. The van der Waals surface area contributed by atoms with E-state index in [-0.39, 0.29) is 0 Å². The first-order chi connectivity index (χ1) is 4.22. The standard InChI is InChI=1S/C6H6ClN.K/c1-6-3-2-4-8(7)5-6;/h2-4H,1H3;/q+1;. The SMILES string of the molecule is Cc1ccc[n+](Cl)[c]1[K]. The van der Waals surface area contributed by atoms with Crippen molar-refractivity contribution in [1.82, 2.24) is 0 Å². The van der Waals surface area contributed by atoms with Gasteiger partial charge in [-0.05, 0) is 0 Å². The number of halogens is 1. The van der Waals surface area contributed by atoms with Gasteiger partial charge in [-0.1, -0.05) is 0 Å². The third-order valence-corrected chi connectivity index (χ3v) is 4.25. The molecular weight excluding hydrogens is 161 g/mol. The van der Waals surface area contributed by atoms with Crippen LogP contribution in [-0.2, 0) is 0 Å². The Labute approximate surface area is 93.7 Å². The van der Waals surface area contributed by atoms with Gasteiger partial charge in [0.2, 0.25) is 0 Å². The number of rotatable bonds is 0. The molecule has 0 unspecified atom stereocenters. The van der Waals surface area contributed by atoms with Crippen LogP contribution in [0.1, 0.15) is 5.56 Å². The van der Waals surface area contributed by atoms with Gasteiger partial charge in [0.25, 0.3) is 0 Å². The Bertz CT molecular complexity index is 204. The predicted molar refractivity (Wildman–Crippen MR) is 38.0 cm³/mol. The zero-order valence-corrected chi connectivity index (χ0v) is 9.44. The fourth-order valence-electron chi connectivity index (χ4n) is 0.664. The summed E-state index contributed by atoms with van der Waals surface area (Å²) in [7, 11) is 0. The van der Waals surface area contributed by atoms with Crippen LogP contribution >= 0.6 is 11.8 Å². The van der Waals surface area contributed by atoms with Crippen LogP contribution in [0.5, 0.6) is 0 Å². The zero-order valence-electron chi connectivity index (χ0n) is 5.56. The van der Waals surface area contributed by atoms with Crippen LogP contribution in [0.25, 0.3) is 0 Å². The van der Waals surface area contributed by atoms with Crippen molar-refractivity contribution in [2.24, 2.45) is 0 Å². The van der Waals surface area contributed by atoms with E-state index in [0.29, 0.717) is 49.0 Å². The Morgan fingerprint density at radius 2 is 2.33 bits per heavy atom. The molecule has 0 saturated carbocycles.